The van der Waals surface area contributed by atoms with Crippen molar-refractivity contribution in [1.82, 2.24) is 19.9 Å². The van der Waals surface area contributed by atoms with Crippen molar-refractivity contribution in [3.63, 3.8) is 0 Å². The molecule has 0 bridgehead atoms. The monoisotopic (exact) mass is 283 g/mol. The molecule has 0 spiro atoms. The van der Waals surface area contributed by atoms with E-state index in [1.807, 2.05) is 17.0 Å². The number of aromatic nitrogens is 3. The lowest BCUT2D eigenvalue weighted by molar-refractivity contribution is 0.0786. The highest BCUT2D eigenvalue weighted by molar-refractivity contribution is 5.92. The van der Waals surface area contributed by atoms with Crippen LogP contribution in [0.2, 0.25) is 0 Å². The van der Waals surface area contributed by atoms with Crippen LogP contribution < -0.4 is 5.32 Å². The first kappa shape index (κ1) is 13.5. The van der Waals surface area contributed by atoms with Gasteiger partial charge in [0.25, 0.3) is 5.91 Å². The van der Waals surface area contributed by atoms with Crippen molar-refractivity contribution in [3.8, 4) is 0 Å². The number of rotatable bonds is 4. The summed E-state index contributed by atoms with van der Waals surface area (Å²) in [6.45, 7) is 2.29. The van der Waals surface area contributed by atoms with Gasteiger partial charge in [0.15, 0.2) is 0 Å². The quantitative estimate of drug-likeness (QED) is 0.925. The van der Waals surface area contributed by atoms with Crippen molar-refractivity contribution < 1.29 is 4.79 Å². The summed E-state index contributed by atoms with van der Waals surface area (Å²) in [7, 11) is 0. The predicted octanol–water partition coefficient (Wildman–Crippen LogP) is 1.72. The van der Waals surface area contributed by atoms with E-state index >= 15 is 0 Å². The Labute approximate surface area is 123 Å². The van der Waals surface area contributed by atoms with Crippen LogP contribution in [-0.2, 0) is 6.54 Å². The van der Waals surface area contributed by atoms with E-state index < -0.39 is 0 Å². The molecule has 6 heteroatoms. The molecule has 1 aliphatic rings. The molecule has 0 aliphatic carbocycles. The lowest BCUT2D eigenvalue weighted by atomic mass is 10.3. The molecule has 0 saturated carbocycles. The molecule has 2 aromatic rings. The first-order valence-corrected chi connectivity index (χ1v) is 7.07. The number of likely N-dealkylation sites (tertiary alicyclic amines) is 1. The zero-order chi connectivity index (χ0) is 14.5. The van der Waals surface area contributed by atoms with E-state index in [1.165, 1.54) is 6.20 Å². The molecule has 21 heavy (non-hydrogen) atoms. The average molecular weight is 283 g/mol. The molecule has 0 radical (unpaired) electrons. The van der Waals surface area contributed by atoms with Gasteiger partial charge in [0, 0.05) is 32.0 Å². The summed E-state index contributed by atoms with van der Waals surface area (Å²) in [5.74, 6) is 0.630. The van der Waals surface area contributed by atoms with E-state index in [4.69, 9.17) is 0 Å². The molecule has 1 fully saturated rings. The predicted molar refractivity (Wildman–Crippen MR) is 78.7 cm³/mol. The third kappa shape index (κ3) is 3.34. The topological polar surface area (TPSA) is 71.0 Å². The Bertz CT molecular complexity index is 593. The third-order valence-corrected chi connectivity index (χ3v) is 3.49. The van der Waals surface area contributed by atoms with Gasteiger partial charge in [-0.1, -0.05) is 0 Å². The van der Waals surface area contributed by atoms with Gasteiger partial charge in [-0.25, -0.2) is 9.97 Å². The maximum atomic E-state index is 12.1. The van der Waals surface area contributed by atoms with E-state index in [-0.39, 0.29) is 5.91 Å². The molecule has 1 amide bonds. The Morgan fingerprint density at radius 2 is 1.90 bits per heavy atom. The van der Waals surface area contributed by atoms with Crippen molar-refractivity contribution in [2.75, 3.05) is 18.4 Å². The van der Waals surface area contributed by atoms with Crippen LogP contribution in [0.15, 0.2) is 36.9 Å². The highest BCUT2D eigenvalue weighted by Crippen LogP contribution is 2.12. The molecule has 0 aromatic carbocycles. The Kier molecular flexibility index (Phi) is 4.04. The second-order valence-corrected chi connectivity index (χ2v) is 5.00. The minimum absolute atomic E-state index is 0.0271. The van der Waals surface area contributed by atoms with E-state index in [0.717, 1.165) is 31.5 Å². The van der Waals surface area contributed by atoms with Gasteiger partial charge in [-0.05, 0) is 30.5 Å². The molecule has 6 nitrogen and oxygen atoms in total. The molecule has 0 unspecified atom stereocenters. The van der Waals surface area contributed by atoms with Gasteiger partial charge in [0.05, 0.1) is 12.4 Å². The van der Waals surface area contributed by atoms with E-state index in [2.05, 4.69) is 20.3 Å². The minimum Gasteiger partial charge on any atom is -0.365 e. The molecule has 1 N–H and O–H groups in total. The molecule has 1 aliphatic heterocycles. The smallest absolute Gasteiger partial charge is 0.274 e. The number of hydrogen-bond donors (Lipinski definition) is 1. The molecular formula is C15H17N5O. The summed E-state index contributed by atoms with van der Waals surface area (Å²) in [6.07, 6.45) is 8.79. The second kappa shape index (κ2) is 6.30. The Morgan fingerprint density at radius 3 is 2.57 bits per heavy atom. The normalized spacial score (nSPS) is 14.2. The molecule has 2 aromatic heterocycles. The van der Waals surface area contributed by atoms with Gasteiger partial charge >= 0.3 is 0 Å². The Morgan fingerprint density at radius 1 is 1.14 bits per heavy atom. The number of nitrogens with one attached hydrogen (secondary N) is 1. The van der Waals surface area contributed by atoms with Gasteiger partial charge < -0.3 is 10.2 Å². The van der Waals surface area contributed by atoms with E-state index in [9.17, 15) is 4.79 Å². The number of carbonyl (C=O) groups excluding carboxylic acids is 1. The maximum Gasteiger partial charge on any atom is 0.274 e. The number of amides is 1. The van der Waals surface area contributed by atoms with Gasteiger partial charge in [0.1, 0.15) is 11.5 Å². The Balaban J connectivity index is 1.60. The number of anilines is 1. The lowest BCUT2D eigenvalue weighted by Crippen LogP contribution is -2.28. The molecule has 108 valence electrons. The number of carbonyl (C=O) groups is 1. The number of hydrogen-bond acceptors (Lipinski definition) is 5. The largest absolute Gasteiger partial charge is 0.365 e. The first-order chi connectivity index (χ1) is 10.3. The third-order valence-electron chi connectivity index (χ3n) is 3.49. The van der Waals surface area contributed by atoms with Crippen molar-refractivity contribution in [1.29, 1.82) is 0 Å². The molecule has 3 rings (SSSR count). The van der Waals surface area contributed by atoms with Crippen LogP contribution in [0, 0.1) is 0 Å². The fraction of sp³-hybridized carbons (Fsp3) is 0.333. The second-order valence-electron chi connectivity index (χ2n) is 5.00. The standard InChI is InChI=1S/C15H17N5O/c21-15(20-7-1-2-8-20)13-10-19-14(11-17-13)18-9-12-3-5-16-6-4-12/h3-6,10-11H,1-2,7-9H2,(H,18,19). The first-order valence-electron chi connectivity index (χ1n) is 7.07. The molecular weight excluding hydrogens is 266 g/mol. The Hall–Kier alpha value is -2.50. The highest BCUT2D eigenvalue weighted by atomic mass is 16.2. The van der Waals surface area contributed by atoms with Crippen LogP contribution in [-0.4, -0.2) is 38.8 Å². The van der Waals surface area contributed by atoms with Crippen molar-refractivity contribution in [2.45, 2.75) is 19.4 Å². The summed E-state index contributed by atoms with van der Waals surface area (Å²) in [5, 5.41) is 3.17. The van der Waals surface area contributed by atoms with Crippen LogP contribution in [0.5, 0.6) is 0 Å². The number of pyridine rings is 1. The molecule has 1 saturated heterocycles. The highest BCUT2D eigenvalue weighted by Gasteiger charge is 2.20. The van der Waals surface area contributed by atoms with Crippen molar-refractivity contribution >= 4 is 11.7 Å². The number of nitrogens with zero attached hydrogens (tertiary/aromatic N) is 4. The van der Waals surface area contributed by atoms with Crippen molar-refractivity contribution in [3.05, 3.63) is 48.2 Å². The van der Waals surface area contributed by atoms with Crippen LogP contribution in [0.1, 0.15) is 28.9 Å². The summed E-state index contributed by atoms with van der Waals surface area (Å²) in [4.78, 5) is 26.4. The SMILES string of the molecule is O=C(c1cnc(NCc2ccncc2)cn1)N1CCCC1. The molecule has 0 atom stereocenters. The van der Waals surface area contributed by atoms with Crippen LogP contribution in [0.3, 0.4) is 0 Å². The lowest BCUT2D eigenvalue weighted by Gasteiger charge is -2.14. The zero-order valence-corrected chi connectivity index (χ0v) is 11.7. The van der Waals surface area contributed by atoms with Crippen LogP contribution >= 0.6 is 0 Å². The van der Waals surface area contributed by atoms with Gasteiger partial charge in [0.2, 0.25) is 0 Å². The van der Waals surface area contributed by atoms with Gasteiger partial charge in [-0.2, -0.15) is 0 Å². The zero-order valence-electron chi connectivity index (χ0n) is 11.7. The van der Waals surface area contributed by atoms with E-state index in [1.54, 1.807) is 18.6 Å². The fourth-order valence-corrected chi connectivity index (χ4v) is 2.31. The maximum absolute atomic E-state index is 12.1. The van der Waals surface area contributed by atoms with Crippen LogP contribution in [0.25, 0.3) is 0 Å². The summed E-state index contributed by atoms with van der Waals surface area (Å²) >= 11 is 0. The summed E-state index contributed by atoms with van der Waals surface area (Å²) in [5.41, 5.74) is 1.52. The minimum atomic E-state index is -0.0271. The summed E-state index contributed by atoms with van der Waals surface area (Å²) in [6, 6.07) is 3.87. The van der Waals surface area contributed by atoms with Gasteiger partial charge in [-0.3, -0.25) is 9.78 Å². The van der Waals surface area contributed by atoms with E-state index in [0.29, 0.717) is 18.1 Å². The summed E-state index contributed by atoms with van der Waals surface area (Å²) < 4.78 is 0. The molecule has 3 heterocycles. The van der Waals surface area contributed by atoms with Gasteiger partial charge in [-0.15, -0.1) is 0 Å². The fourth-order valence-electron chi connectivity index (χ4n) is 2.31. The van der Waals surface area contributed by atoms with Crippen molar-refractivity contribution in [2.24, 2.45) is 0 Å². The van der Waals surface area contributed by atoms with Crippen LogP contribution in [0.4, 0.5) is 5.82 Å². The average Bonchev–Trinajstić information content (AvgIpc) is 3.08.